The fourth-order valence-electron chi connectivity index (χ4n) is 4.06. The number of morpholine rings is 1. The van der Waals surface area contributed by atoms with Gasteiger partial charge in [-0.3, -0.25) is 9.69 Å². The first-order chi connectivity index (χ1) is 15.7. The van der Waals surface area contributed by atoms with Gasteiger partial charge in [0.05, 0.1) is 18.8 Å². The number of aryl methyl sites for hydroxylation is 1. The van der Waals surface area contributed by atoms with E-state index in [-0.39, 0.29) is 5.91 Å². The van der Waals surface area contributed by atoms with Crippen LogP contribution in [0.2, 0.25) is 0 Å². The molecule has 1 amide bonds. The molecule has 0 atom stereocenters. The van der Waals surface area contributed by atoms with Gasteiger partial charge in [0, 0.05) is 31.7 Å². The van der Waals surface area contributed by atoms with Crippen molar-refractivity contribution in [2.75, 3.05) is 32.8 Å². The number of benzene rings is 2. The Labute approximate surface area is 189 Å². The normalized spacial score (nSPS) is 14.4. The van der Waals surface area contributed by atoms with Gasteiger partial charge in [-0.1, -0.05) is 67.0 Å². The van der Waals surface area contributed by atoms with E-state index in [2.05, 4.69) is 58.7 Å². The van der Waals surface area contributed by atoms with Gasteiger partial charge < -0.3 is 14.6 Å². The van der Waals surface area contributed by atoms with Gasteiger partial charge in [0.1, 0.15) is 0 Å². The zero-order valence-electron chi connectivity index (χ0n) is 18.9. The summed E-state index contributed by atoms with van der Waals surface area (Å²) in [6.07, 6.45) is 2.14. The topological polar surface area (TPSA) is 67.6 Å². The predicted octanol–water partition coefficient (Wildman–Crippen LogP) is 4.54. The van der Waals surface area contributed by atoms with E-state index < -0.39 is 0 Å². The highest BCUT2D eigenvalue weighted by Gasteiger charge is 2.24. The molecule has 0 aliphatic carbocycles. The summed E-state index contributed by atoms with van der Waals surface area (Å²) < 4.78 is 11.2. The second-order valence-corrected chi connectivity index (χ2v) is 8.13. The Morgan fingerprint density at radius 1 is 0.969 bits per heavy atom. The monoisotopic (exact) mass is 433 g/mol. The molecule has 2 heterocycles. The molecule has 168 valence electrons. The number of nitrogens with one attached hydrogen (secondary N) is 1. The Morgan fingerprint density at radius 2 is 1.62 bits per heavy atom. The molecule has 2 aromatic carbocycles. The highest BCUT2D eigenvalue weighted by Crippen LogP contribution is 2.35. The summed E-state index contributed by atoms with van der Waals surface area (Å²) in [7, 11) is 0. The van der Waals surface area contributed by atoms with Crippen LogP contribution in [0.25, 0.3) is 22.5 Å². The first-order valence-electron chi connectivity index (χ1n) is 11.5. The highest BCUT2D eigenvalue weighted by atomic mass is 16.5. The quantitative estimate of drug-likeness (QED) is 0.565. The maximum Gasteiger partial charge on any atom is 0.274 e. The summed E-state index contributed by atoms with van der Waals surface area (Å²) in [5.74, 6) is 0.396. The molecule has 3 aromatic rings. The molecule has 1 aliphatic heterocycles. The van der Waals surface area contributed by atoms with Gasteiger partial charge in [-0.15, -0.1) is 0 Å². The Balaban J connectivity index is 1.66. The van der Waals surface area contributed by atoms with Crippen molar-refractivity contribution >= 4 is 5.91 Å². The lowest BCUT2D eigenvalue weighted by atomic mass is 9.97. The average Bonchev–Trinajstić information content (AvgIpc) is 3.26. The second-order valence-electron chi connectivity index (χ2n) is 8.13. The molecular weight excluding hydrogens is 402 g/mol. The Kier molecular flexibility index (Phi) is 7.35. The second kappa shape index (κ2) is 10.6. The minimum Gasteiger partial charge on any atom is -0.379 e. The number of nitrogens with zero attached hydrogens (tertiary/aromatic N) is 2. The minimum absolute atomic E-state index is 0.225. The minimum atomic E-state index is -0.225. The van der Waals surface area contributed by atoms with Crippen molar-refractivity contribution in [2.45, 2.75) is 33.2 Å². The number of carbonyl (C=O) groups is 1. The number of rotatable bonds is 8. The fourth-order valence-corrected chi connectivity index (χ4v) is 4.06. The Hall–Kier alpha value is -2.96. The van der Waals surface area contributed by atoms with Crippen LogP contribution in [0.5, 0.6) is 0 Å². The lowest BCUT2D eigenvalue weighted by molar-refractivity contribution is 0.0342. The van der Waals surface area contributed by atoms with Gasteiger partial charge in [-0.2, -0.15) is 0 Å². The van der Waals surface area contributed by atoms with Gasteiger partial charge in [-0.25, -0.2) is 0 Å². The number of aromatic nitrogens is 1. The van der Waals surface area contributed by atoms with Crippen LogP contribution < -0.4 is 5.32 Å². The molecule has 1 aromatic heterocycles. The van der Waals surface area contributed by atoms with E-state index >= 15 is 0 Å². The smallest absolute Gasteiger partial charge is 0.274 e. The van der Waals surface area contributed by atoms with Crippen molar-refractivity contribution in [1.29, 1.82) is 0 Å². The van der Waals surface area contributed by atoms with Crippen LogP contribution in [0.1, 0.15) is 41.9 Å². The fraction of sp³-hybridized carbons (Fsp3) is 0.385. The van der Waals surface area contributed by atoms with Gasteiger partial charge in [-0.05, 0) is 30.0 Å². The SMILES string of the molecule is CCCc1ccc(-c2onc(C(=O)NCC)c2-c2ccc(CN3CCOCC3)cc2)cc1. The lowest BCUT2D eigenvalue weighted by Crippen LogP contribution is -2.35. The zero-order chi connectivity index (χ0) is 22.3. The van der Waals surface area contributed by atoms with Crippen LogP contribution in [0, 0.1) is 0 Å². The number of hydrogen-bond acceptors (Lipinski definition) is 5. The summed E-state index contributed by atoms with van der Waals surface area (Å²) >= 11 is 0. The van der Waals surface area contributed by atoms with Crippen LogP contribution >= 0.6 is 0 Å². The van der Waals surface area contributed by atoms with Crippen molar-refractivity contribution in [2.24, 2.45) is 0 Å². The summed E-state index contributed by atoms with van der Waals surface area (Å²) in [5, 5.41) is 7.00. The molecule has 0 unspecified atom stereocenters. The molecule has 32 heavy (non-hydrogen) atoms. The molecule has 0 spiro atoms. The predicted molar refractivity (Wildman–Crippen MR) is 125 cm³/mol. The molecule has 6 nitrogen and oxygen atoms in total. The van der Waals surface area contributed by atoms with E-state index in [1.54, 1.807) is 0 Å². The van der Waals surface area contributed by atoms with Crippen molar-refractivity contribution in [1.82, 2.24) is 15.4 Å². The maximum atomic E-state index is 12.7. The summed E-state index contributed by atoms with van der Waals surface area (Å²) in [6.45, 7) is 8.96. The van der Waals surface area contributed by atoms with Crippen molar-refractivity contribution < 1.29 is 14.1 Å². The molecule has 1 saturated heterocycles. The largest absolute Gasteiger partial charge is 0.379 e. The summed E-state index contributed by atoms with van der Waals surface area (Å²) in [6, 6.07) is 16.7. The Morgan fingerprint density at radius 3 is 2.28 bits per heavy atom. The van der Waals surface area contributed by atoms with E-state index in [0.717, 1.165) is 62.4 Å². The first-order valence-corrected chi connectivity index (χ1v) is 11.5. The molecule has 1 N–H and O–H groups in total. The molecule has 0 radical (unpaired) electrons. The van der Waals surface area contributed by atoms with Gasteiger partial charge in [0.25, 0.3) is 5.91 Å². The van der Waals surface area contributed by atoms with Crippen LogP contribution in [-0.2, 0) is 17.7 Å². The average molecular weight is 434 g/mol. The van der Waals surface area contributed by atoms with E-state index in [9.17, 15) is 4.79 Å². The number of hydrogen-bond donors (Lipinski definition) is 1. The van der Waals surface area contributed by atoms with E-state index in [4.69, 9.17) is 9.26 Å². The molecule has 0 saturated carbocycles. The number of amides is 1. The van der Waals surface area contributed by atoms with Crippen LogP contribution in [-0.4, -0.2) is 48.8 Å². The number of ether oxygens (including phenoxy) is 1. The third-order valence-electron chi connectivity index (χ3n) is 5.75. The molecule has 0 bridgehead atoms. The van der Waals surface area contributed by atoms with E-state index in [1.165, 1.54) is 11.1 Å². The van der Waals surface area contributed by atoms with Gasteiger partial charge >= 0.3 is 0 Å². The standard InChI is InChI=1S/C26H31N3O3/c1-3-5-19-6-12-22(13-7-19)25-23(24(28-32-25)26(30)27-4-2)21-10-8-20(9-11-21)18-29-14-16-31-17-15-29/h6-13H,3-5,14-18H2,1-2H3,(H,27,30). The lowest BCUT2D eigenvalue weighted by Gasteiger charge is -2.26. The molecular formula is C26H31N3O3. The summed E-state index contributed by atoms with van der Waals surface area (Å²) in [4.78, 5) is 15.1. The Bertz CT molecular complexity index is 1020. The molecule has 1 fully saturated rings. The van der Waals surface area contributed by atoms with Crippen LogP contribution in [0.4, 0.5) is 0 Å². The zero-order valence-corrected chi connectivity index (χ0v) is 18.9. The molecule has 1 aliphatic rings. The molecule has 4 rings (SSSR count). The van der Waals surface area contributed by atoms with Crippen molar-refractivity contribution in [3.63, 3.8) is 0 Å². The third kappa shape index (κ3) is 5.09. The van der Waals surface area contributed by atoms with Gasteiger partial charge in [0.15, 0.2) is 11.5 Å². The van der Waals surface area contributed by atoms with Crippen molar-refractivity contribution in [3.05, 3.63) is 65.4 Å². The number of carbonyl (C=O) groups excluding carboxylic acids is 1. The highest BCUT2D eigenvalue weighted by molar-refractivity contribution is 6.02. The van der Waals surface area contributed by atoms with Crippen LogP contribution in [0.15, 0.2) is 53.1 Å². The maximum absolute atomic E-state index is 12.7. The van der Waals surface area contributed by atoms with Crippen LogP contribution in [0.3, 0.4) is 0 Å². The summed E-state index contributed by atoms with van der Waals surface area (Å²) in [5.41, 5.74) is 5.41. The molecule has 6 heteroatoms. The van der Waals surface area contributed by atoms with E-state index in [1.807, 2.05) is 19.1 Å². The van der Waals surface area contributed by atoms with Crippen molar-refractivity contribution in [3.8, 4) is 22.5 Å². The first kappa shape index (κ1) is 22.2. The van der Waals surface area contributed by atoms with E-state index in [0.29, 0.717) is 18.0 Å². The van der Waals surface area contributed by atoms with Gasteiger partial charge in [0.2, 0.25) is 0 Å². The third-order valence-corrected chi connectivity index (χ3v) is 5.75.